The minimum absolute atomic E-state index is 0.0911. The second kappa shape index (κ2) is 7.10. The minimum atomic E-state index is 0.0911. The Bertz CT molecular complexity index is 352. The topological polar surface area (TPSA) is 44.4 Å². The summed E-state index contributed by atoms with van der Waals surface area (Å²) < 4.78 is 0. The number of hydrogen-bond donors (Lipinski definition) is 2. The summed E-state index contributed by atoms with van der Waals surface area (Å²) in [6, 6.07) is 0.0911. The number of fused-ring (bicyclic) bond motifs is 1. The molecule has 4 nitrogen and oxygen atoms in total. The summed E-state index contributed by atoms with van der Waals surface area (Å²) in [6.07, 6.45) is 7.62. The van der Waals surface area contributed by atoms with Crippen LogP contribution >= 0.6 is 0 Å². The number of nitrogens with zero attached hydrogens (tertiary/aromatic N) is 1. The quantitative estimate of drug-likeness (QED) is 0.757. The van der Waals surface area contributed by atoms with E-state index >= 15 is 0 Å². The fourth-order valence-corrected chi connectivity index (χ4v) is 4.38. The number of rotatable bonds is 5. The van der Waals surface area contributed by atoms with Crippen molar-refractivity contribution in [2.75, 3.05) is 32.7 Å². The zero-order valence-electron chi connectivity index (χ0n) is 13.4. The van der Waals surface area contributed by atoms with E-state index in [4.69, 9.17) is 0 Å². The van der Waals surface area contributed by atoms with E-state index in [1.807, 2.05) is 0 Å². The molecule has 0 spiro atoms. The molecular weight excluding hydrogens is 262 g/mol. The Morgan fingerprint density at radius 2 is 2.05 bits per heavy atom. The molecule has 2 aliphatic heterocycles. The van der Waals surface area contributed by atoms with Gasteiger partial charge in [0.15, 0.2) is 0 Å². The zero-order chi connectivity index (χ0) is 14.7. The molecule has 120 valence electrons. The van der Waals surface area contributed by atoms with Crippen LogP contribution < -0.4 is 10.6 Å². The van der Waals surface area contributed by atoms with E-state index in [0.717, 1.165) is 37.9 Å². The molecule has 1 amide bonds. The van der Waals surface area contributed by atoms with Gasteiger partial charge in [-0.3, -0.25) is 4.79 Å². The standard InChI is InChI=1S/C17H31N3O/c1-13-6-10-20(11-7-13)9-3-8-18-17(21)16-15-5-2-4-14(15)12-19-16/h13-16,19H,2-12H2,1H3,(H,18,21). The highest BCUT2D eigenvalue weighted by atomic mass is 16.2. The van der Waals surface area contributed by atoms with Crippen molar-refractivity contribution >= 4 is 5.91 Å². The predicted molar refractivity (Wildman–Crippen MR) is 85.1 cm³/mol. The van der Waals surface area contributed by atoms with Crippen LogP contribution in [0.3, 0.4) is 0 Å². The SMILES string of the molecule is CC1CCN(CCCNC(=O)C2NCC3CCCC32)CC1. The van der Waals surface area contributed by atoms with Gasteiger partial charge in [0, 0.05) is 6.54 Å². The predicted octanol–water partition coefficient (Wildman–Crippen LogP) is 1.61. The van der Waals surface area contributed by atoms with Crippen molar-refractivity contribution < 1.29 is 4.79 Å². The van der Waals surface area contributed by atoms with Crippen molar-refractivity contribution in [3.63, 3.8) is 0 Å². The number of piperidine rings is 1. The van der Waals surface area contributed by atoms with Gasteiger partial charge in [0.05, 0.1) is 6.04 Å². The van der Waals surface area contributed by atoms with Crippen molar-refractivity contribution in [2.45, 2.75) is 51.5 Å². The van der Waals surface area contributed by atoms with Gasteiger partial charge in [-0.15, -0.1) is 0 Å². The van der Waals surface area contributed by atoms with Crippen LogP contribution in [0.25, 0.3) is 0 Å². The van der Waals surface area contributed by atoms with Gasteiger partial charge in [0.1, 0.15) is 0 Å². The van der Waals surface area contributed by atoms with E-state index in [2.05, 4.69) is 22.5 Å². The monoisotopic (exact) mass is 293 g/mol. The first-order valence-electron chi connectivity index (χ1n) is 8.97. The molecule has 3 rings (SSSR count). The maximum absolute atomic E-state index is 12.3. The molecule has 4 heteroatoms. The van der Waals surface area contributed by atoms with Gasteiger partial charge in [0.25, 0.3) is 0 Å². The molecule has 21 heavy (non-hydrogen) atoms. The first-order valence-corrected chi connectivity index (χ1v) is 8.97. The first kappa shape index (κ1) is 15.3. The van der Waals surface area contributed by atoms with Gasteiger partial charge in [-0.2, -0.15) is 0 Å². The molecule has 0 bridgehead atoms. The van der Waals surface area contributed by atoms with Gasteiger partial charge >= 0.3 is 0 Å². The second-order valence-electron chi connectivity index (χ2n) is 7.41. The zero-order valence-corrected chi connectivity index (χ0v) is 13.4. The summed E-state index contributed by atoms with van der Waals surface area (Å²) in [5.41, 5.74) is 0. The Morgan fingerprint density at radius 3 is 2.86 bits per heavy atom. The molecule has 3 fully saturated rings. The van der Waals surface area contributed by atoms with Crippen LogP contribution in [0.4, 0.5) is 0 Å². The number of hydrogen-bond acceptors (Lipinski definition) is 3. The van der Waals surface area contributed by atoms with Crippen molar-refractivity contribution in [2.24, 2.45) is 17.8 Å². The summed E-state index contributed by atoms with van der Waals surface area (Å²) in [5.74, 6) is 2.51. The molecule has 0 aromatic heterocycles. The average molecular weight is 293 g/mol. The van der Waals surface area contributed by atoms with Crippen molar-refractivity contribution in [1.29, 1.82) is 0 Å². The lowest BCUT2D eigenvalue weighted by atomic mass is 9.93. The highest BCUT2D eigenvalue weighted by Gasteiger charge is 2.42. The first-order chi connectivity index (χ1) is 10.2. The van der Waals surface area contributed by atoms with E-state index in [0.29, 0.717) is 5.92 Å². The highest BCUT2D eigenvalue weighted by molar-refractivity contribution is 5.82. The van der Waals surface area contributed by atoms with E-state index in [-0.39, 0.29) is 11.9 Å². The van der Waals surface area contributed by atoms with Crippen molar-refractivity contribution in [1.82, 2.24) is 15.5 Å². The second-order valence-corrected chi connectivity index (χ2v) is 7.41. The molecule has 2 heterocycles. The third kappa shape index (κ3) is 3.78. The van der Waals surface area contributed by atoms with Crippen LogP contribution in [0.15, 0.2) is 0 Å². The number of likely N-dealkylation sites (tertiary alicyclic amines) is 1. The van der Waals surface area contributed by atoms with Gasteiger partial charge in [-0.25, -0.2) is 0 Å². The minimum Gasteiger partial charge on any atom is -0.355 e. The highest BCUT2D eigenvalue weighted by Crippen LogP contribution is 2.37. The summed E-state index contributed by atoms with van der Waals surface area (Å²) in [6.45, 7) is 7.85. The van der Waals surface area contributed by atoms with E-state index in [1.54, 1.807) is 0 Å². The summed E-state index contributed by atoms with van der Waals surface area (Å²) >= 11 is 0. The number of amides is 1. The van der Waals surface area contributed by atoms with Gasteiger partial charge in [0.2, 0.25) is 5.91 Å². The summed E-state index contributed by atoms with van der Waals surface area (Å²) in [4.78, 5) is 14.8. The third-order valence-electron chi connectivity index (χ3n) is 5.86. The van der Waals surface area contributed by atoms with E-state index in [1.165, 1.54) is 45.2 Å². The Kier molecular flexibility index (Phi) is 5.17. The molecule has 3 aliphatic rings. The third-order valence-corrected chi connectivity index (χ3v) is 5.86. The van der Waals surface area contributed by atoms with Crippen LogP contribution in [0.2, 0.25) is 0 Å². The number of nitrogens with one attached hydrogen (secondary N) is 2. The van der Waals surface area contributed by atoms with Crippen LogP contribution in [0.1, 0.15) is 45.4 Å². The Hall–Kier alpha value is -0.610. The molecule has 0 aromatic carbocycles. The van der Waals surface area contributed by atoms with Crippen LogP contribution in [-0.4, -0.2) is 49.6 Å². The number of carbonyl (C=O) groups is 1. The van der Waals surface area contributed by atoms with Gasteiger partial charge in [-0.1, -0.05) is 13.3 Å². The largest absolute Gasteiger partial charge is 0.355 e. The molecule has 2 N–H and O–H groups in total. The lowest BCUT2D eigenvalue weighted by Crippen LogP contribution is -2.44. The molecule has 0 aromatic rings. The van der Waals surface area contributed by atoms with E-state index in [9.17, 15) is 4.79 Å². The Morgan fingerprint density at radius 1 is 1.24 bits per heavy atom. The lowest BCUT2D eigenvalue weighted by molar-refractivity contribution is -0.123. The molecule has 2 saturated heterocycles. The molecule has 1 aliphatic carbocycles. The molecule has 3 unspecified atom stereocenters. The van der Waals surface area contributed by atoms with Crippen LogP contribution in [-0.2, 0) is 4.79 Å². The van der Waals surface area contributed by atoms with Crippen molar-refractivity contribution in [3.05, 3.63) is 0 Å². The molecule has 3 atom stereocenters. The number of carbonyl (C=O) groups excluding carboxylic acids is 1. The Labute approximate surface area is 129 Å². The fourth-order valence-electron chi connectivity index (χ4n) is 4.38. The van der Waals surface area contributed by atoms with Crippen LogP contribution in [0.5, 0.6) is 0 Å². The van der Waals surface area contributed by atoms with Gasteiger partial charge in [-0.05, 0) is 76.0 Å². The van der Waals surface area contributed by atoms with E-state index < -0.39 is 0 Å². The lowest BCUT2D eigenvalue weighted by Gasteiger charge is -2.30. The summed E-state index contributed by atoms with van der Waals surface area (Å²) in [5, 5.41) is 6.59. The van der Waals surface area contributed by atoms with Gasteiger partial charge < -0.3 is 15.5 Å². The molecular formula is C17H31N3O. The maximum atomic E-state index is 12.3. The van der Waals surface area contributed by atoms with Crippen LogP contribution in [0, 0.1) is 17.8 Å². The fraction of sp³-hybridized carbons (Fsp3) is 0.941. The average Bonchev–Trinajstić information content (AvgIpc) is 3.08. The van der Waals surface area contributed by atoms with Crippen molar-refractivity contribution in [3.8, 4) is 0 Å². The smallest absolute Gasteiger partial charge is 0.237 e. The summed E-state index contributed by atoms with van der Waals surface area (Å²) in [7, 11) is 0. The molecule has 0 radical (unpaired) electrons. The maximum Gasteiger partial charge on any atom is 0.237 e. The Balaban J connectivity index is 1.31. The molecule has 1 saturated carbocycles. The normalized spacial score (nSPS) is 34.0.